The third kappa shape index (κ3) is 4.29. The Balaban J connectivity index is 1.34. The maximum absolute atomic E-state index is 12.5. The number of fused-ring (bicyclic) bond motifs is 2. The van der Waals surface area contributed by atoms with E-state index in [4.69, 9.17) is 4.74 Å². The molecule has 10 heteroatoms. The van der Waals surface area contributed by atoms with Crippen molar-refractivity contribution in [2.75, 3.05) is 31.6 Å². The lowest BCUT2D eigenvalue weighted by atomic mass is 10.1. The molecule has 2 fully saturated rings. The third-order valence-electron chi connectivity index (χ3n) is 5.81. The minimum absolute atomic E-state index is 0.269. The fraction of sp³-hybridized carbons (Fsp3) is 0.500. The van der Waals surface area contributed by atoms with Crippen molar-refractivity contribution >= 4 is 28.6 Å². The molecule has 0 unspecified atom stereocenters. The van der Waals surface area contributed by atoms with Gasteiger partial charge in [-0.3, -0.25) is 14.3 Å². The maximum Gasteiger partial charge on any atom is 0.416 e. The molecule has 2 aliphatic rings. The van der Waals surface area contributed by atoms with Crippen LogP contribution in [0.5, 0.6) is 0 Å². The van der Waals surface area contributed by atoms with Gasteiger partial charge in [-0.2, -0.15) is 13.2 Å². The van der Waals surface area contributed by atoms with Crippen LogP contribution in [0.15, 0.2) is 24.4 Å². The van der Waals surface area contributed by atoms with Gasteiger partial charge >= 0.3 is 12.3 Å². The molecule has 1 amide bonds. The Hall–Kier alpha value is -2.59. The molecule has 2 aromatic rings. The standard InChI is InChI=1S/C20H22F3N3O4/c1-11(27)24-17-7-26(19(28)29)18-3-2-12(4-13(17)18)8-30-9-16-14-5-25(6-15(14)16)10-20(21,22)23/h2-4,7,14-16H,5-6,8-10H2,1H3,(H,24,27)(H,28,29)/t14-,15+,16+. The molecule has 30 heavy (non-hydrogen) atoms. The Labute approximate surface area is 170 Å². The molecule has 2 heterocycles. The number of likely N-dealkylation sites (tertiary alicyclic amines) is 1. The van der Waals surface area contributed by atoms with Crippen molar-refractivity contribution in [3.63, 3.8) is 0 Å². The highest BCUT2D eigenvalue weighted by atomic mass is 19.4. The Kier molecular flexibility index (Phi) is 5.23. The number of carboxylic acid groups (broad SMARTS) is 1. The first-order valence-electron chi connectivity index (χ1n) is 9.64. The van der Waals surface area contributed by atoms with E-state index in [1.54, 1.807) is 18.2 Å². The Morgan fingerprint density at radius 3 is 2.57 bits per heavy atom. The number of anilines is 1. The smallest absolute Gasteiger partial charge is 0.416 e. The highest BCUT2D eigenvalue weighted by Gasteiger charge is 2.56. The molecule has 7 nitrogen and oxygen atoms in total. The zero-order chi connectivity index (χ0) is 21.6. The van der Waals surface area contributed by atoms with Gasteiger partial charge in [0.05, 0.1) is 31.0 Å². The molecule has 2 N–H and O–H groups in total. The second-order valence-electron chi connectivity index (χ2n) is 8.04. The highest BCUT2D eigenvalue weighted by molar-refractivity contribution is 6.04. The average Bonchev–Trinajstić information content (AvgIpc) is 2.97. The predicted molar refractivity (Wildman–Crippen MR) is 102 cm³/mol. The van der Waals surface area contributed by atoms with Crippen molar-refractivity contribution in [3.05, 3.63) is 30.0 Å². The minimum atomic E-state index is -4.16. The first kappa shape index (κ1) is 20.7. The van der Waals surface area contributed by atoms with Gasteiger partial charge in [-0.15, -0.1) is 0 Å². The number of ether oxygens (including phenoxy) is 1. The van der Waals surface area contributed by atoms with Gasteiger partial charge in [0.1, 0.15) is 0 Å². The van der Waals surface area contributed by atoms with Gasteiger partial charge < -0.3 is 15.2 Å². The zero-order valence-corrected chi connectivity index (χ0v) is 16.3. The SMILES string of the molecule is CC(=O)Nc1cn(C(=O)O)c2ccc(COC[C@@H]3[C@H]4CN(CC(F)(F)F)C[C@@H]34)cc12. The van der Waals surface area contributed by atoms with Crippen LogP contribution < -0.4 is 5.32 Å². The van der Waals surface area contributed by atoms with Crippen molar-refractivity contribution in [2.24, 2.45) is 17.8 Å². The lowest BCUT2D eigenvalue weighted by Gasteiger charge is -2.20. The number of carbonyl (C=O) groups is 2. The number of nitrogens with one attached hydrogen (secondary N) is 1. The molecular weight excluding hydrogens is 403 g/mol. The number of hydrogen-bond acceptors (Lipinski definition) is 4. The van der Waals surface area contributed by atoms with E-state index >= 15 is 0 Å². The quantitative estimate of drug-likeness (QED) is 0.742. The van der Waals surface area contributed by atoms with Crippen LogP contribution in [0.3, 0.4) is 0 Å². The fourth-order valence-electron chi connectivity index (χ4n) is 4.49. The van der Waals surface area contributed by atoms with Crippen LogP contribution >= 0.6 is 0 Å². The second kappa shape index (κ2) is 7.59. The molecule has 1 saturated heterocycles. The van der Waals surface area contributed by atoms with Crippen LogP contribution in [-0.2, 0) is 16.1 Å². The van der Waals surface area contributed by atoms with Gasteiger partial charge in [-0.25, -0.2) is 4.79 Å². The molecule has 1 aromatic carbocycles. The molecule has 1 aromatic heterocycles. The van der Waals surface area contributed by atoms with Gasteiger partial charge in [0, 0.05) is 31.6 Å². The van der Waals surface area contributed by atoms with Gasteiger partial charge in [-0.1, -0.05) is 6.07 Å². The van der Waals surface area contributed by atoms with E-state index < -0.39 is 18.8 Å². The largest absolute Gasteiger partial charge is 0.464 e. The lowest BCUT2D eigenvalue weighted by Crippen LogP contribution is -2.34. The van der Waals surface area contributed by atoms with Crippen LogP contribution in [0.1, 0.15) is 12.5 Å². The van der Waals surface area contributed by atoms with Gasteiger partial charge in [0.25, 0.3) is 0 Å². The van der Waals surface area contributed by atoms with Gasteiger partial charge in [0.15, 0.2) is 0 Å². The van der Waals surface area contributed by atoms with E-state index in [-0.39, 0.29) is 17.7 Å². The van der Waals surface area contributed by atoms with Crippen molar-refractivity contribution < 1.29 is 32.6 Å². The summed E-state index contributed by atoms with van der Waals surface area (Å²) in [5.74, 6) is 0.527. The lowest BCUT2D eigenvalue weighted by molar-refractivity contribution is -0.145. The van der Waals surface area contributed by atoms with E-state index in [9.17, 15) is 27.9 Å². The number of nitrogens with zero attached hydrogens (tertiary/aromatic N) is 2. The number of carbonyl (C=O) groups excluding carboxylic acids is 1. The van der Waals surface area contributed by atoms with Crippen molar-refractivity contribution in [2.45, 2.75) is 19.7 Å². The maximum atomic E-state index is 12.5. The fourth-order valence-corrected chi connectivity index (χ4v) is 4.49. The molecule has 3 atom stereocenters. The summed E-state index contributed by atoms with van der Waals surface area (Å²) in [4.78, 5) is 24.3. The molecule has 0 bridgehead atoms. The molecule has 1 aliphatic carbocycles. The first-order valence-corrected chi connectivity index (χ1v) is 9.64. The summed E-state index contributed by atoms with van der Waals surface area (Å²) in [6.07, 6.45) is -3.95. The highest BCUT2D eigenvalue weighted by Crippen LogP contribution is 2.52. The average molecular weight is 425 g/mol. The summed E-state index contributed by atoms with van der Waals surface area (Å²) in [6.45, 7) is 2.22. The number of halogens is 3. The second-order valence-corrected chi connectivity index (χ2v) is 8.04. The van der Waals surface area contributed by atoms with E-state index in [1.807, 2.05) is 0 Å². The Morgan fingerprint density at radius 1 is 1.27 bits per heavy atom. The van der Waals surface area contributed by atoms with E-state index in [2.05, 4.69) is 5.32 Å². The number of rotatable bonds is 6. The minimum Gasteiger partial charge on any atom is -0.464 e. The summed E-state index contributed by atoms with van der Waals surface area (Å²) in [7, 11) is 0. The monoisotopic (exact) mass is 425 g/mol. The summed E-state index contributed by atoms with van der Waals surface area (Å²) in [5.41, 5.74) is 1.68. The topological polar surface area (TPSA) is 83.8 Å². The van der Waals surface area contributed by atoms with Crippen molar-refractivity contribution in [1.82, 2.24) is 9.47 Å². The van der Waals surface area contributed by atoms with E-state index in [1.165, 1.54) is 18.0 Å². The van der Waals surface area contributed by atoms with Crippen LogP contribution in [0.2, 0.25) is 0 Å². The molecule has 1 saturated carbocycles. The van der Waals surface area contributed by atoms with Crippen LogP contribution in [0.4, 0.5) is 23.7 Å². The normalized spacial score (nSPS) is 23.5. The summed E-state index contributed by atoms with van der Waals surface area (Å²) < 4.78 is 44.2. The molecule has 0 radical (unpaired) electrons. The first-order chi connectivity index (χ1) is 14.1. The number of aromatic nitrogens is 1. The number of benzene rings is 1. The van der Waals surface area contributed by atoms with E-state index in [0.29, 0.717) is 48.8 Å². The van der Waals surface area contributed by atoms with Gasteiger partial charge in [-0.05, 0) is 35.4 Å². The molecule has 162 valence electrons. The molecule has 0 spiro atoms. The van der Waals surface area contributed by atoms with Gasteiger partial charge in [0.2, 0.25) is 5.91 Å². The zero-order valence-electron chi connectivity index (χ0n) is 16.3. The van der Waals surface area contributed by atoms with Crippen LogP contribution in [-0.4, -0.2) is 59.0 Å². The molecular formula is C20H22F3N3O4. The Bertz CT molecular complexity index is 976. The van der Waals surface area contributed by atoms with Crippen molar-refractivity contribution in [3.8, 4) is 0 Å². The Morgan fingerprint density at radius 2 is 1.97 bits per heavy atom. The summed E-state index contributed by atoms with van der Waals surface area (Å²) in [5, 5.41) is 12.6. The summed E-state index contributed by atoms with van der Waals surface area (Å²) >= 11 is 0. The number of hydrogen-bond donors (Lipinski definition) is 2. The van der Waals surface area contributed by atoms with Crippen LogP contribution in [0, 0.1) is 17.8 Å². The third-order valence-corrected chi connectivity index (χ3v) is 5.81. The van der Waals surface area contributed by atoms with E-state index in [0.717, 1.165) is 10.1 Å². The molecule has 1 aliphatic heterocycles. The summed E-state index contributed by atoms with van der Waals surface area (Å²) in [6, 6.07) is 5.20. The predicted octanol–water partition coefficient (Wildman–Crippen LogP) is 3.38. The van der Waals surface area contributed by atoms with Crippen LogP contribution in [0.25, 0.3) is 10.9 Å². The molecule has 4 rings (SSSR count). The number of amides is 1. The van der Waals surface area contributed by atoms with Crippen molar-refractivity contribution in [1.29, 1.82) is 0 Å². The number of alkyl halides is 3. The number of piperidine rings is 1.